The summed E-state index contributed by atoms with van der Waals surface area (Å²) in [6.07, 6.45) is 2.24. The molecular weight excluding hydrogens is 258 g/mol. The normalized spacial score (nSPS) is 22.6. The average molecular weight is 285 g/mol. The van der Waals surface area contributed by atoms with Gasteiger partial charge in [-0.15, -0.1) is 0 Å². The third kappa shape index (κ3) is 4.67. The van der Waals surface area contributed by atoms with Crippen molar-refractivity contribution in [2.24, 2.45) is 5.92 Å². The molecule has 0 radical (unpaired) electrons. The molecule has 116 valence electrons. The Morgan fingerprint density at radius 1 is 1.00 bits per heavy atom. The fourth-order valence-corrected chi connectivity index (χ4v) is 2.64. The Hall–Kier alpha value is -1.30. The molecule has 1 N–H and O–H groups in total. The van der Waals surface area contributed by atoms with E-state index in [1.165, 1.54) is 4.90 Å². The van der Waals surface area contributed by atoms with Gasteiger partial charge in [-0.25, -0.2) is 4.79 Å². The van der Waals surface area contributed by atoms with Gasteiger partial charge in [-0.05, 0) is 39.8 Å². The van der Waals surface area contributed by atoms with E-state index >= 15 is 0 Å². The van der Waals surface area contributed by atoms with Crippen molar-refractivity contribution in [3.05, 3.63) is 0 Å². The predicted molar refractivity (Wildman–Crippen MR) is 77.7 cm³/mol. The molecule has 0 aromatic heterocycles. The van der Waals surface area contributed by atoms with E-state index in [1.807, 2.05) is 21.1 Å². The Bertz CT molecular complexity index is 339. The Morgan fingerprint density at radius 3 is 2.00 bits per heavy atom. The zero-order valence-corrected chi connectivity index (χ0v) is 13.0. The minimum atomic E-state index is -0.886. The zero-order valence-electron chi connectivity index (χ0n) is 13.0. The maximum absolute atomic E-state index is 12.3. The van der Waals surface area contributed by atoms with E-state index in [-0.39, 0.29) is 17.9 Å². The standard InChI is InChI=1S/C14H27N3O3/c1-15(2)9-10-16(3)13(18)11-5-7-12(8-6-11)17(4)14(19)20/h11-12H,5-10H2,1-4H3,(H,19,20). The molecular formula is C14H27N3O3. The zero-order chi connectivity index (χ0) is 15.3. The highest BCUT2D eigenvalue weighted by Gasteiger charge is 2.31. The summed E-state index contributed by atoms with van der Waals surface area (Å²) >= 11 is 0. The first-order valence-corrected chi connectivity index (χ1v) is 7.18. The predicted octanol–water partition coefficient (Wildman–Crippen LogP) is 1.18. The number of nitrogens with zero attached hydrogens (tertiary/aromatic N) is 3. The number of carboxylic acid groups (broad SMARTS) is 1. The summed E-state index contributed by atoms with van der Waals surface area (Å²) < 4.78 is 0. The number of amides is 2. The number of carbonyl (C=O) groups excluding carboxylic acids is 1. The average Bonchev–Trinajstić information content (AvgIpc) is 2.43. The molecule has 0 bridgehead atoms. The van der Waals surface area contributed by atoms with Gasteiger partial charge >= 0.3 is 6.09 Å². The lowest BCUT2D eigenvalue weighted by Crippen LogP contribution is -2.43. The highest BCUT2D eigenvalue weighted by molar-refractivity contribution is 5.78. The van der Waals surface area contributed by atoms with Gasteiger partial charge in [-0.1, -0.05) is 0 Å². The summed E-state index contributed by atoms with van der Waals surface area (Å²) in [4.78, 5) is 28.4. The van der Waals surface area contributed by atoms with Gasteiger partial charge in [-0.2, -0.15) is 0 Å². The van der Waals surface area contributed by atoms with Crippen LogP contribution in [0.3, 0.4) is 0 Å². The Labute approximate surface area is 121 Å². The van der Waals surface area contributed by atoms with E-state index in [2.05, 4.69) is 4.90 Å². The van der Waals surface area contributed by atoms with E-state index in [4.69, 9.17) is 5.11 Å². The Kier molecular flexibility index (Phi) is 6.26. The quantitative estimate of drug-likeness (QED) is 0.823. The van der Waals surface area contributed by atoms with Crippen molar-refractivity contribution in [1.82, 2.24) is 14.7 Å². The molecule has 0 unspecified atom stereocenters. The lowest BCUT2D eigenvalue weighted by Gasteiger charge is -2.34. The fourth-order valence-electron chi connectivity index (χ4n) is 2.64. The SMILES string of the molecule is CN(C)CCN(C)C(=O)C1CCC(N(C)C(=O)O)CC1. The van der Waals surface area contributed by atoms with Crippen LogP contribution >= 0.6 is 0 Å². The first kappa shape index (κ1) is 16.8. The molecule has 0 aliphatic heterocycles. The van der Waals surface area contributed by atoms with E-state index < -0.39 is 6.09 Å². The van der Waals surface area contributed by atoms with Crippen molar-refractivity contribution < 1.29 is 14.7 Å². The van der Waals surface area contributed by atoms with Gasteiger partial charge in [-0.3, -0.25) is 4.79 Å². The molecule has 0 aromatic rings. The summed E-state index contributed by atoms with van der Waals surface area (Å²) in [5.41, 5.74) is 0. The smallest absolute Gasteiger partial charge is 0.407 e. The van der Waals surface area contributed by atoms with Gasteiger partial charge in [0.05, 0.1) is 0 Å². The summed E-state index contributed by atoms with van der Waals surface area (Å²) in [6.45, 7) is 1.60. The van der Waals surface area contributed by atoms with Crippen LogP contribution in [0.1, 0.15) is 25.7 Å². The number of hydrogen-bond acceptors (Lipinski definition) is 3. The first-order chi connectivity index (χ1) is 9.32. The summed E-state index contributed by atoms with van der Waals surface area (Å²) in [5, 5.41) is 8.97. The summed E-state index contributed by atoms with van der Waals surface area (Å²) in [7, 11) is 7.44. The van der Waals surface area contributed by atoms with Crippen LogP contribution in [0.2, 0.25) is 0 Å². The third-order valence-corrected chi connectivity index (χ3v) is 4.15. The number of carbonyl (C=O) groups is 2. The molecule has 1 fully saturated rings. The molecule has 0 spiro atoms. The van der Waals surface area contributed by atoms with Crippen LogP contribution in [0.25, 0.3) is 0 Å². The molecule has 0 saturated heterocycles. The molecule has 0 heterocycles. The summed E-state index contributed by atoms with van der Waals surface area (Å²) in [6, 6.07) is 0.0589. The molecule has 6 heteroatoms. The van der Waals surface area contributed by atoms with Crippen molar-refractivity contribution in [3.63, 3.8) is 0 Å². The van der Waals surface area contributed by atoms with E-state index in [0.717, 1.165) is 38.8 Å². The van der Waals surface area contributed by atoms with Crippen LogP contribution in [0.4, 0.5) is 4.79 Å². The minimum absolute atomic E-state index is 0.0561. The molecule has 6 nitrogen and oxygen atoms in total. The molecule has 0 aromatic carbocycles. The van der Waals surface area contributed by atoms with Gasteiger partial charge in [0, 0.05) is 39.1 Å². The van der Waals surface area contributed by atoms with Crippen LogP contribution < -0.4 is 0 Å². The van der Waals surface area contributed by atoms with Crippen LogP contribution in [-0.4, -0.2) is 79.1 Å². The van der Waals surface area contributed by atoms with Crippen molar-refractivity contribution in [3.8, 4) is 0 Å². The van der Waals surface area contributed by atoms with Crippen molar-refractivity contribution >= 4 is 12.0 Å². The minimum Gasteiger partial charge on any atom is -0.465 e. The Morgan fingerprint density at radius 2 is 1.55 bits per heavy atom. The van der Waals surface area contributed by atoms with Gasteiger partial charge in [0.2, 0.25) is 5.91 Å². The first-order valence-electron chi connectivity index (χ1n) is 7.18. The molecule has 1 aliphatic carbocycles. The van der Waals surface area contributed by atoms with Crippen LogP contribution in [-0.2, 0) is 4.79 Å². The van der Waals surface area contributed by atoms with Crippen molar-refractivity contribution in [2.45, 2.75) is 31.7 Å². The second-order valence-corrected chi connectivity index (χ2v) is 5.96. The van der Waals surface area contributed by atoms with Gasteiger partial charge in [0.15, 0.2) is 0 Å². The molecule has 20 heavy (non-hydrogen) atoms. The molecule has 0 atom stereocenters. The lowest BCUT2D eigenvalue weighted by atomic mass is 9.84. The molecule has 2 amide bonds. The maximum atomic E-state index is 12.3. The maximum Gasteiger partial charge on any atom is 0.407 e. The van der Waals surface area contributed by atoms with Crippen molar-refractivity contribution in [2.75, 3.05) is 41.3 Å². The number of hydrogen-bond donors (Lipinski definition) is 1. The lowest BCUT2D eigenvalue weighted by molar-refractivity contribution is -0.135. The van der Waals surface area contributed by atoms with E-state index in [1.54, 1.807) is 11.9 Å². The summed E-state index contributed by atoms with van der Waals surface area (Å²) in [5.74, 6) is 0.254. The monoisotopic (exact) mass is 285 g/mol. The second kappa shape index (κ2) is 7.47. The van der Waals surface area contributed by atoms with E-state index in [9.17, 15) is 9.59 Å². The molecule has 1 saturated carbocycles. The fraction of sp³-hybridized carbons (Fsp3) is 0.857. The van der Waals surface area contributed by atoms with Crippen LogP contribution in [0.15, 0.2) is 0 Å². The highest BCUT2D eigenvalue weighted by atomic mass is 16.4. The number of likely N-dealkylation sites (N-methyl/N-ethyl adjacent to an activating group) is 2. The van der Waals surface area contributed by atoms with Gasteiger partial charge in [0.1, 0.15) is 0 Å². The third-order valence-electron chi connectivity index (χ3n) is 4.15. The van der Waals surface area contributed by atoms with Crippen molar-refractivity contribution in [1.29, 1.82) is 0 Å². The van der Waals surface area contributed by atoms with E-state index in [0.29, 0.717) is 0 Å². The van der Waals surface area contributed by atoms with Crippen LogP contribution in [0, 0.1) is 5.92 Å². The number of rotatable bonds is 5. The second-order valence-electron chi connectivity index (χ2n) is 5.96. The largest absolute Gasteiger partial charge is 0.465 e. The van der Waals surface area contributed by atoms with Gasteiger partial charge < -0.3 is 19.8 Å². The topological polar surface area (TPSA) is 64.1 Å². The van der Waals surface area contributed by atoms with Crippen LogP contribution in [0.5, 0.6) is 0 Å². The Balaban J connectivity index is 2.40. The molecule has 1 rings (SSSR count). The van der Waals surface area contributed by atoms with Gasteiger partial charge in [0.25, 0.3) is 0 Å². The molecule has 1 aliphatic rings. The highest BCUT2D eigenvalue weighted by Crippen LogP contribution is 2.28.